The molecule has 0 amide bonds. The molecule has 1 heterocycles. The maximum Gasteiger partial charge on any atom is 0.290 e. The van der Waals surface area contributed by atoms with E-state index >= 15 is 0 Å². The highest BCUT2D eigenvalue weighted by molar-refractivity contribution is 6.21. The van der Waals surface area contributed by atoms with Gasteiger partial charge in [0.1, 0.15) is 0 Å². The zero-order valence-electron chi connectivity index (χ0n) is 6.16. The van der Waals surface area contributed by atoms with Crippen molar-refractivity contribution in [3.05, 3.63) is 44.3 Å². The van der Waals surface area contributed by atoms with E-state index in [1.165, 1.54) is 6.08 Å². The summed E-state index contributed by atoms with van der Waals surface area (Å²) in [6.45, 7) is 0. The van der Waals surface area contributed by atoms with Crippen molar-refractivity contribution >= 4 is 11.6 Å². The molecule has 13 heavy (non-hydrogen) atoms. The zero-order valence-corrected chi connectivity index (χ0v) is 6.92. The average molecular weight is 206 g/mol. The maximum atomic E-state index is 10.3. The minimum atomic E-state index is -1.37. The minimum Gasteiger partial charge on any atom is -0.259 e. The first-order chi connectivity index (χ1) is 6.04. The van der Waals surface area contributed by atoms with E-state index in [1.807, 2.05) is 0 Å². The van der Waals surface area contributed by atoms with Crippen LogP contribution in [0.5, 0.6) is 0 Å². The van der Waals surface area contributed by atoms with E-state index in [0.29, 0.717) is 5.01 Å². The lowest BCUT2D eigenvalue weighted by Crippen LogP contribution is -2.36. The number of hydrogen-bond donors (Lipinski definition) is 0. The summed E-state index contributed by atoms with van der Waals surface area (Å²) in [6, 6.07) is 0. The van der Waals surface area contributed by atoms with Crippen LogP contribution in [0.15, 0.2) is 24.0 Å². The van der Waals surface area contributed by atoms with Crippen molar-refractivity contribution in [1.29, 1.82) is 0 Å². The van der Waals surface area contributed by atoms with Gasteiger partial charge in [0.05, 0.1) is 11.1 Å². The Kier molecular flexibility index (Phi) is 2.47. The van der Waals surface area contributed by atoms with Crippen LogP contribution in [0.2, 0.25) is 0 Å². The number of hydrogen-bond acceptors (Lipinski definition) is 4. The summed E-state index contributed by atoms with van der Waals surface area (Å²) >= 11 is 5.46. The van der Waals surface area contributed by atoms with Crippen LogP contribution in [0, 0.1) is 20.2 Å². The summed E-state index contributed by atoms with van der Waals surface area (Å²) in [7, 11) is 0. The van der Waals surface area contributed by atoms with Gasteiger partial charge in [-0.05, 0) is 6.08 Å². The average Bonchev–Trinajstić information content (AvgIpc) is 2.03. The molecule has 70 valence electrons. The Balaban J connectivity index is 2.93. The first-order valence-corrected chi connectivity index (χ1v) is 3.57. The van der Waals surface area contributed by atoms with Gasteiger partial charge in [-0.25, -0.2) is 10.1 Å². The van der Waals surface area contributed by atoms with Gasteiger partial charge < -0.3 is 0 Å². The van der Waals surface area contributed by atoms with E-state index in [4.69, 9.17) is 11.6 Å². The van der Waals surface area contributed by atoms with Crippen LogP contribution in [0.1, 0.15) is 0 Å². The third-order valence-electron chi connectivity index (χ3n) is 1.38. The second kappa shape index (κ2) is 3.40. The smallest absolute Gasteiger partial charge is 0.259 e. The van der Waals surface area contributed by atoms with Crippen LogP contribution in [0.3, 0.4) is 0 Å². The van der Waals surface area contributed by atoms with Gasteiger partial charge in [0, 0.05) is 6.08 Å². The Hall–Kier alpha value is -1.63. The Morgan fingerprint density at radius 2 is 2.08 bits per heavy atom. The standard InChI is InChI=1S/C5H4ClN3O4/c6-5-4(8(10)11)2-1-3-7(5)9(12)13/h1-3,5H. The molecule has 1 aliphatic heterocycles. The van der Waals surface area contributed by atoms with E-state index in [-0.39, 0.29) is 0 Å². The second-order valence-corrected chi connectivity index (χ2v) is 2.56. The van der Waals surface area contributed by atoms with Crippen molar-refractivity contribution in [1.82, 2.24) is 5.01 Å². The first-order valence-electron chi connectivity index (χ1n) is 3.13. The number of halogens is 1. The van der Waals surface area contributed by atoms with Crippen LogP contribution in [-0.2, 0) is 0 Å². The van der Waals surface area contributed by atoms with Crippen molar-refractivity contribution in [2.24, 2.45) is 0 Å². The Labute approximate surface area is 77.2 Å². The van der Waals surface area contributed by atoms with Crippen molar-refractivity contribution in [3.8, 4) is 0 Å². The van der Waals surface area contributed by atoms with E-state index in [9.17, 15) is 20.2 Å². The van der Waals surface area contributed by atoms with Crippen molar-refractivity contribution in [2.75, 3.05) is 0 Å². The molecule has 0 saturated carbocycles. The number of alkyl halides is 1. The molecule has 0 bridgehead atoms. The molecule has 0 saturated heterocycles. The van der Waals surface area contributed by atoms with E-state index in [0.717, 1.165) is 12.3 Å². The molecule has 7 nitrogen and oxygen atoms in total. The highest BCUT2D eigenvalue weighted by Crippen LogP contribution is 2.20. The number of rotatable bonds is 2. The molecular formula is C5H4ClN3O4. The number of hydrazine groups is 1. The van der Waals surface area contributed by atoms with Crippen LogP contribution < -0.4 is 0 Å². The topological polar surface area (TPSA) is 89.5 Å². The van der Waals surface area contributed by atoms with Gasteiger partial charge in [-0.3, -0.25) is 10.1 Å². The van der Waals surface area contributed by atoms with E-state index in [2.05, 4.69) is 0 Å². The van der Waals surface area contributed by atoms with Gasteiger partial charge in [-0.15, -0.1) is 0 Å². The molecule has 1 rings (SSSR count). The van der Waals surface area contributed by atoms with Crippen LogP contribution in [0.4, 0.5) is 0 Å². The molecule has 0 aromatic carbocycles. The van der Waals surface area contributed by atoms with Crippen LogP contribution >= 0.6 is 11.6 Å². The summed E-state index contributed by atoms with van der Waals surface area (Å²) < 4.78 is 0. The second-order valence-electron chi connectivity index (χ2n) is 2.14. The lowest BCUT2D eigenvalue weighted by Gasteiger charge is -2.15. The molecule has 1 atom stereocenters. The van der Waals surface area contributed by atoms with E-state index < -0.39 is 21.2 Å². The van der Waals surface area contributed by atoms with Gasteiger partial charge >= 0.3 is 0 Å². The monoisotopic (exact) mass is 205 g/mol. The van der Waals surface area contributed by atoms with Gasteiger partial charge in [0.2, 0.25) is 0 Å². The lowest BCUT2D eigenvalue weighted by atomic mass is 10.3. The van der Waals surface area contributed by atoms with Crippen molar-refractivity contribution in [3.63, 3.8) is 0 Å². The maximum absolute atomic E-state index is 10.3. The van der Waals surface area contributed by atoms with Crippen LogP contribution in [0.25, 0.3) is 0 Å². The Bertz CT molecular complexity index is 313. The molecular weight excluding hydrogens is 202 g/mol. The van der Waals surface area contributed by atoms with Gasteiger partial charge in [-0.2, -0.15) is 0 Å². The van der Waals surface area contributed by atoms with Gasteiger partial charge in [-0.1, -0.05) is 16.6 Å². The molecule has 0 fully saturated rings. The fraction of sp³-hybridized carbons (Fsp3) is 0.200. The molecule has 0 radical (unpaired) electrons. The van der Waals surface area contributed by atoms with Gasteiger partial charge in [0.15, 0.2) is 5.03 Å². The normalized spacial score (nSPS) is 21.2. The highest BCUT2D eigenvalue weighted by Gasteiger charge is 2.35. The number of nitrogens with zero attached hydrogens (tertiary/aromatic N) is 3. The summed E-state index contributed by atoms with van der Waals surface area (Å²) in [4.78, 5) is 19.8. The summed E-state index contributed by atoms with van der Waals surface area (Å²) in [6.07, 6.45) is 3.38. The van der Waals surface area contributed by atoms with E-state index in [1.54, 1.807) is 0 Å². The summed E-state index contributed by atoms with van der Waals surface area (Å²) in [5, 5.41) is 20.2. The fourth-order valence-electron chi connectivity index (χ4n) is 0.805. The lowest BCUT2D eigenvalue weighted by molar-refractivity contribution is -0.646. The fourth-order valence-corrected chi connectivity index (χ4v) is 1.09. The minimum absolute atomic E-state index is 0.416. The molecule has 0 N–H and O–H groups in total. The highest BCUT2D eigenvalue weighted by atomic mass is 35.5. The molecule has 0 aromatic rings. The Morgan fingerprint density at radius 3 is 2.54 bits per heavy atom. The zero-order chi connectivity index (χ0) is 10.0. The quantitative estimate of drug-likeness (QED) is 0.287. The molecule has 0 spiro atoms. The Morgan fingerprint density at radius 1 is 1.46 bits per heavy atom. The molecule has 8 heteroatoms. The molecule has 0 aliphatic carbocycles. The summed E-state index contributed by atoms with van der Waals surface area (Å²) in [5.74, 6) is 0. The largest absolute Gasteiger partial charge is 0.290 e. The van der Waals surface area contributed by atoms with Crippen LogP contribution in [-0.4, -0.2) is 20.5 Å². The SMILES string of the molecule is O=[N+]([O-])C1=CC=CN([N+](=O)[O-])C1Cl. The molecule has 1 aliphatic rings. The van der Waals surface area contributed by atoms with Gasteiger partial charge in [0.25, 0.3) is 11.2 Å². The predicted molar refractivity (Wildman–Crippen MR) is 42.7 cm³/mol. The third-order valence-corrected chi connectivity index (χ3v) is 1.81. The number of nitro groups is 2. The molecule has 1 unspecified atom stereocenters. The van der Waals surface area contributed by atoms with Crippen molar-refractivity contribution in [2.45, 2.75) is 5.50 Å². The predicted octanol–water partition coefficient (Wildman–Crippen LogP) is 0.733. The summed E-state index contributed by atoms with van der Waals surface area (Å²) in [5.41, 5.74) is -1.78. The third kappa shape index (κ3) is 1.75. The molecule has 0 aromatic heterocycles. The van der Waals surface area contributed by atoms with Crippen molar-refractivity contribution < 1.29 is 9.96 Å². The number of allylic oxidation sites excluding steroid dienone is 2. The first kappa shape index (κ1) is 9.46.